The van der Waals surface area contributed by atoms with Gasteiger partial charge in [-0.2, -0.15) is 4.76 Å². The van der Waals surface area contributed by atoms with E-state index >= 15 is 0 Å². The number of ketones is 1. The Morgan fingerprint density at radius 1 is 1.18 bits per heavy atom. The van der Waals surface area contributed by atoms with Crippen LogP contribution in [0.4, 0.5) is 0 Å². The zero-order valence-electron chi connectivity index (χ0n) is 11.3. The molecule has 0 spiro atoms. The molecule has 1 aromatic rings. The molecule has 116 valence electrons. The number of rotatable bonds is 4. The van der Waals surface area contributed by atoms with Crippen LogP contribution < -0.4 is 0 Å². The lowest BCUT2D eigenvalue weighted by Gasteiger charge is -2.18. The number of Topliss-reactive ketones (excluding diaryl/α,β-unsaturated/α-hetero) is 1. The number of aliphatic hydroxyl groups excluding tert-OH is 1. The summed E-state index contributed by atoms with van der Waals surface area (Å²) < 4.78 is 14.2. The number of benzene rings is 1. The van der Waals surface area contributed by atoms with Crippen LogP contribution in [0.3, 0.4) is 0 Å². The molecule has 0 heterocycles. The number of aromatic hydroxyl groups is 1. The number of aliphatic hydroxyl groups is 1. The van der Waals surface area contributed by atoms with Crippen LogP contribution in [0.1, 0.15) is 5.56 Å². The van der Waals surface area contributed by atoms with E-state index in [9.17, 15) is 19.6 Å². The molecule has 8 heteroatoms. The Morgan fingerprint density at radius 3 is 2.41 bits per heavy atom. The van der Waals surface area contributed by atoms with Gasteiger partial charge in [-0.15, -0.1) is 0 Å². The van der Waals surface area contributed by atoms with Crippen LogP contribution >= 0.6 is 7.75 Å². The fourth-order valence-corrected chi connectivity index (χ4v) is 2.56. The van der Waals surface area contributed by atoms with E-state index in [-0.39, 0.29) is 23.6 Å². The Bertz CT molecular complexity index is 713. The van der Waals surface area contributed by atoms with Gasteiger partial charge < -0.3 is 20.0 Å². The highest BCUT2D eigenvalue weighted by Gasteiger charge is 2.30. The minimum Gasteiger partial charge on any atom is -0.511 e. The number of hydrogen-bond donors (Lipinski definition) is 4. The van der Waals surface area contributed by atoms with Gasteiger partial charge in [0, 0.05) is 6.42 Å². The molecule has 2 rings (SSSR count). The molecule has 0 aliphatic heterocycles. The lowest BCUT2D eigenvalue weighted by Crippen LogP contribution is -2.28. The van der Waals surface area contributed by atoms with Gasteiger partial charge in [-0.3, -0.25) is 4.79 Å². The average Bonchev–Trinajstić information content (AvgIpc) is 2.39. The number of carbonyl (C=O) groups is 1. The molecule has 4 N–H and O–H groups in total. The van der Waals surface area contributed by atoms with Gasteiger partial charge in [0.05, 0.1) is 5.71 Å². The first-order valence-corrected chi connectivity index (χ1v) is 7.86. The number of phenols is 1. The summed E-state index contributed by atoms with van der Waals surface area (Å²) >= 11 is 0. The van der Waals surface area contributed by atoms with Crippen molar-refractivity contribution in [2.24, 2.45) is 10.7 Å². The van der Waals surface area contributed by atoms with Crippen molar-refractivity contribution in [3.05, 3.63) is 53.8 Å². The number of hydrogen-bond acceptors (Lipinski definition) is 4. The van der Waals surface area contributed by atoms with E-state index in [4.69, 9.17) is 9.79 Å². The molecule has 0 saturated heterocycles. The van der Waals surface area contributed by atoms with Gasteiger partial charge in [0.1, 0.15) is 17.4 Å². The van der Waals surface area contributed by atoms with Gasteiger partial charge in [0.15, 0.2) is 5.78 Å². The number of carbonyl (C=O) groups excluding carboxylic acids is 1. The molecule has 1 aromatic carbocycles. The highest BCUT2D eigenvalue weighted by Crippen LogP contribution is 2.38. The Hall–Kier alpha value is -2.21. The molecule has 0 amide bonds. The molecule has 1 unspecified atom stereocenters. The van der Waals surface area contributed by atoms with Crippen LogP contribution in [0.15, 0.2) is 53.0 Å². The van der Waals surface area contributed by atoms with Gasteiger partial charge in [-0.1, -0.05) is 18.2 Å². The van der Waals surface area contributed by atoms with Crippen LogP contribution in [0, 0.1) is 5.92 Å². The van der Waals surface area contributed by atoms with Crippen molar-refractivity contribution in [2.45, 2.75) is 6.42 Å². The Labute approximate surface area is 126 Å². The van der Waals surface area contributed by atoms with Crippen LogP contribution in [-0.4, -0.2) is 31.5 Å². The third-order valence-electron chi connectivity index (χ3n) is 3.01. The minimum atomic E-state index is -4.71. The monoisotopic (exact) mass is 323 g/mol. The van der Waals surface area contributed by atoms with E-state index in [0.717, 1.165) is 0 Å². The largest absolute Gasteiger partial charge is 0.511 e. The summed E-state index contributed by atoms with van der Waals surface area (Å²) in [7, 11) is -4.71. The second-order valence-corrected chi connectivity index (χ2v) is 5.96. The molecule has 0 radical (unpaired) electrons. The average molecular weight is 323 g/mol. The third-order valence-corrected chi connectivity index (χ3v) is 3.50. The van der Waals surface area contributed by atoms with Gasteiger partial charge in [0.25, 0.3) is 0 Å². The molecule has 1 aliphatic rings. The molecular weight excluding hydrogens is 309 g/mol. The number of phenolic OH excluding ortho intramolecular Hbond substituents is 1. The van der Waals surface area contributed by atoms with E-state index in [1.807, 2.05) is 0 Å². The number of nitrogens with zero attached hydrogens (tertiary/aromatic N) is 1. The molecule has 0 saturated carbocycles. The Morgan fingerprint density at radius 2 is 1.82 bits per heavy atom. The summed E-state index contributed by atoms with van der Waals surface area (Å²) in [5.41, 5.74) is 0.415. The molecule has 1 aliphatic carbocycles. The predicted molar refractivity (Wildman–Crippen MR) is 79.6 cm³/mol. The zero-order chi connectivity index (χ0) is 16.3. The summed E-state index contributed by atoms with van der Waals surface area (Å²) in [5.74, 6) is -1.94. The van der Waals surface area contributed by atoms with E-state index in [1.165, 1.54) is 30.4 Å². The van der Waals surface area contributed by atoms with E-state index in [1.54, 1.807) is 12.1 Å². The molecule has 1 atom stereocenters. The second kappa shape index (κ2) is 6.27. The maximum atomic E-state index is 12.3. The molecule has 0 fully saturated rings. The Balaban J connectivity index is 2.27. The minimum absolute atomic E-state index is 0.0586. The summed E-state index contributed by atoms with van der Waals surface area (Å²) in [6.07, 6.45) is 3.83. The first kappa shape index (κ1) is 16.2. The van der Waals surface area contributed by atoms with Gasteiger partial charge >= 0.3 is 7.75 Å². The molecule has 7 nitrogen and oxygen atoms in total. The van der Waals surface area contributed by atoms with Crippen molar-refractivity contribution >= 4 is 19.2 Å². The standard InChI is InChI=1S/C14H14NO6P/c16-10-6-4-9(5-7-10)8-13(18)14-11(15-22(19,20)21)2-1-3-12(14)17/h1-7,14,16-17H,8H2,(H2,19,20,21)/b15-11+. The SMILES string of the molecule is O=C(Cc1ccc(O)cc1)C1C(O)=CC=C/C1=N\P(=O)(O)O. The first-order chi connectivity index (χ1) is 10.3. The van der Waals surface area contributed by atoms with E-state index < -0.39 is 19.4 Å². The fraction of sp³-hybridized carbons (Fsp3) is 0.143. The van der Waals surface area contributed by atoms with Crippen molar-refractivity contribution in [3.8, 4) is 5.75 Å². The van der Waals surface area contributed by atoms with Crippen LogP contribution in [0.25, 0.3) is 0 Å². The topological polar surface area (TPSA) is 127 Å². The van der Waals surface area contributed by atoms with Crippen LogP contribution in [0.5, 0.6) is 5.75 Å². The Kier molecular flexibility index (Phi) is 4.61. The first-order valence-electron chi connectivity index (χ1n) is 6.30. The summed E-state index contributed by atoms with van der Waals surface area (Å²) in [6, 6.07) is 5.94. The van der Waals surface area contributed by atoms with Gasteiger partial charge in [0.2, 0.25) is 0 Å². The van der Waals surface area contributed by atoms with Gasteiger partial charge in [-0.25, -0.2) is 4.57 Å². The molecule has 0 bridgehead atoms. The quantitative estimate of drug-likeness (QED) is 0.624. The predicted octanol–water partition coefficient (Wildman–Crippen LogP) is 1.67. The molecule has 0 aromatic heterocycles. The van der Waals surface area contributed by atoms with Crippen LogP contribution in [-0.2, 0) is 15.8 Å². The summed E-state index contributed by atoms with van der Waals surface area (Å²) in [5, 5.41) is 19.0. The van der Waals surface area contributed by atoms with Crippen molar-refractivity contribution in [3.63, 3.8) is 0 Å². The van der Waals surface area contributed by atoms with Crippen molar-refractivity contribution < 1.29 is 29.4 Å². The van der Waals surface area contributed by atoms with Crippen molar-refractivity contribution in [1.29, 1.82) is 0 Å². The van der Waals surface area contributed by atoms with Crippen molar-refractivity contribution in [1.82, 2.24) is 0 Å². The lowest BCUT2D eigenvalue weighted by molar-refractivity contribution is -0.120. The van der Waals surface area contributed by atoms with Crippen molar-refractivity contribution in [2.75, 3.05) is 0 Å². The molecule has 22 heavy (non-hydrogen) atoms. The highest BCUT2D eigenvalue weighted by atomic mass is 31.2. The third kappa shape index (κ3) is 4.14. The summed E-state index contributed by atoms with van der Waals surface area (Å²) in [4.78, 5) is 30.2. The maximum Gasteiger partial charge on any atom is 0.448 e. The normalized spacial score (nSPS) is 20.0. The van der Waals surface area contributed by atoms with Gasteiger partial charge in [-0.05, 0) is 29.8 Å². The molecular formula is C14H14NO6P. The number of allylic oxidation sites excluding steroid dienone is 4. The second-order valence-electron chi connectivity index (χ2n) is 4.73. The summed E-state index contributed by atoms with van der Waals surface area (Å²) in [6.45, 7) is 0. The maximum absolute atomic E-state index is 12.3. The van der Waals surface area contributed by atoms with E-state index in [2.05, 4.69) is 4.76 Å². The zero-order valence-corrected chi connectivity index (χ0v) is 12.2. The smallest absolute Gasteiger partial charge is 0.448 e. The fourth-order valence-electron chi connectivity index (χ4n) is 2.08. The van der Waals surface area contributed by atoms with Crippen LogP contribution in [0.2, 0.25) is 0 Å². The lowest BCUT2D eigenvalue weighted by atomic mass is 9.89. The van der Waals surface area contributed by atoms with E-state index in [0.29, 0.717) is 5.56 Å². The highest BCUT2D eigenvalue weighted by molar-refractivity contribution is 7.50.